The first-order valence-electron chi connectivity index (χ1n) is 5.97. The van der Waals surface area contributed by atoms with Gasteiger partial charge in [-0.15, -0.1) is 0 Å². The summed E-state index contributed by atoms with van der Waals surface area (Å²) in [6, 6.07) is 7.72. The summed E-state index contributed by atoms with van der Waals surface area (Å²) in [4.78, 5) is 20.2. The van der Waals surface area contributed by atoms with Crippen molar-refractivity contribution in [3.63, 3.8) is 0 Å². The quantitative estimate of drug-likeness (QED) is 0.514. The van der Waals surface area contributed by atoms with Crippen LogP contribution in [0, 0.1) is 0 Å². The van der Waals surface area contributed by atoms with Crippen LogP contribution >= 0.6 is 11.8 Å². The van der Waals surface area contributed by atoms with E-state index in [0.717, 1.165) is 15.9 Å². The Morgan fingerprint density at radius 3 is 2.89 bits per heavy atom. The third-order valence-corrected chi connectivity index (χ3v) is 3.39. The lowest BCUT2D eigenvalue weighted by Gasteiger charge is -2.07. The number of rotatable bonds is 5. The van der Waals surface area contributed by atoms with E-state index in [0.29, 0.717) is 12.6 Å². The minimum absolute atomic E-state index is 0.235. The van der Waals surface area contributed by atoms with Gasteiger partial charge in [0.05, 0.1) is 17.9 Å². The van der Waals surface area contributed by atoms with E-state index in [1.165, 1.54) is 11.8 Å². The van der Waals surface area contributed by atoms with Gasteiger partial charge in [-0.25, -0.2) is 9.97 Å². The second-order valence-electron chi connectivity index (χ2n) is 3.71. The molecule has 0 radical (unpaired) electrons. The third-order valence-electron chi connectivity index (χ3n) is 2.42. The standard InChI is InChI=1S/C13H15N3O2S/c1-3-18-11(17)8-19-12-9-6-4-5-7-10(9)15-13(14-2)16-12/h4-7H,3,8H2,1-2H3,(H,14,15,16). The number of carbonyl (C=O) groups excluding carboxylic acids is 1. The number of aromatic nitrogens is 2. The zero-order valence-electron chi connectivity index (χ0n) is 10.8. The molecule has 0 aliphatic carbocycles. The van der Waals surface area contributed by atoms with Crippen LogP contribution in [-0.2, 0) is 9.53 Å². The van der Waals surface area contributed by atoms with Crippen LogP contribution in [0.3, 0.4) is 0 Å². The summed E-state index contributed by atoms with van der Waals surface area (Å²) in [7, 11) is 1.77. The van der Waals surface area contributed by atoms with Crippen LogP contribution in [-0.4, -0.2) is 35.3 Å². The van der Waals surface area contributed by atoms with Crippen LogP contribution in [0.1, 0.15) is 6.92 Å². The van der Waals surface area contributed by atoms with Crippen molar-refractivity contribution in [2.45, 2.75) is 11.9 Å². The predicted molar refractivity (Wildman–Crippen MR) is 76.4 cm³/mol. The van der Waals surface area contributed by atoms with Gasteiger partial charge in [0.2, 0.25) is 5.95 Å². The molecule has 1 N–H and O–H groups in total. The molecule has 100 valence electrons. The molecular weight excluding hydrogens is 262 g/mol. The largest absolute Gasteiger partial charge is 0.465 e. The van der Waals surface area contributed by atoms with Gasteiger partial charge in [-0.05, 0) is 13.0 Å². The molecule has 0 atom stereocenters. The highest BCUT2D eigenvalue weighted by atomic mass is 32.2. The summed E-state index contributed by atoms with van der Waals surface area (Å²) in [6.07, 6.45) is 0. The SMILES string of the molecule is CCOC(=O)CSc1nc(NC)nc2ccccc12. The highest BCUT2D eigenvalue weighted by molar-refractivity contribution is 8.00. The van der Waals surface area contributed by atoms with Crippen LogP contribution in [0.5, 0.6) is 0 Å². The molecule has 0 unspecified atom stereocenters. The number of ether oxygens (including phenoxy) is 1. The molecule has 2 rings (SSSR count). The number of hydrogen-bond donors (Lipinski definition) is 1. The number of carbonyl (C=O) groups is 1. The van der Waals surface area contributed by atoms with Crippen LogP contribution in [0.15, 0.2) is 29.3 Å². The van der Waals surface area contributed by atoms with E-state index in [9.17, 15) is 4.79 Å². The summed E-state index contributed by atoms with van der Waals surface area (Å²) in [5.41, 5.74) is 0.855. The van der Waals surface area contributed by atoms with Crippen LogP contribution in [0.2, 0.25) is 0 Å². The second kappa shape index (κ2) is 6.38. The minimum Gasteiger partial charge on any atom is -0.465 e. The smallest absolute Gasteiger partial charge is 0.316 e. The molecule has 0 aliphatic heterocycles. The first-order valence-corrected chi connectivity index (χ1v) is 6.96. The number of esters is 1. The number of para-hydroxylation sites is 1. The summed E-state index contributed by atoms with van der Waals surface area (Å²) in [5.74, 6) is 0.559. The lowest BCUT2D eigenvalue weighted by atomic mass is 10.2. The minimum atomic E-state index is -0.235. The normalized spacial score (nSPS) is 10.4. The molecule has 0 saturated carbocycles. The lowest BCUT2D eigenvalue weighted by molar-refractivity contribution is -0.139. The fourth-order valence-electron chi connectivity index (χ4n) is 1.60. The predicted octanol–water partition coefficient (Wildman–Crippen LogP) is 2.33. The molecule has 5 nitrogen and oxygen atoms in total. The topological polar surface area (TPSA) is 64.1 Å². The molecule has 0 spiro atoms. The Balaban J connectivity index is 2.27. The Morgan fingerprint density at radius 1 is 1.37 bits per heavy atom. The lowest BCUT2D eigenvalue weighted by Crippen LogP contribution is -2.07. The molecule has 1 aromatic heterocycles. The number of benzene rings is 1. The van der Waals surface area contributed by atoms with Gasteiger partial charge in [-0.1, -0.05) is 30.0 Å². The zero-order valence-corrected chi connectivity index (χ0v) is 11.7. The van der Waals surface area contributed by atoms with Crippen molar-refractivity contribution in [3.8, 4) is 0 Å². The van der Waals surface area contributed by atoms with E-state index in [1.54, 1.807) is 14.0 Å². The van der Waals surface area contributed by atoms with Gasteiger partial charge in [-0.2, -0.15) is 0 Å². The fraction of sp³-hybridized carbons (Fsp3) is 0.308. The molecule has 6 heteroatoms. The Bertz CT molecular complexity index is 589. The van der Waals surface area contributed by atoms with Crippen molar-refractivity contribution >= 4 is 34.6 Å². The molecule has 1 heterocycles. The molecular formula is C13H15N3O2S. The van der Waals surface area contributed by atoms with E-state index in [1.807, 2.05) is 24.3 Å². The van der Waals surface area contributed by atoms with Gasteiger partial charge in [0.25, 0.3) is 0 Å². The Morgan fingerprint density at radius 2 is 2.16 bits per heavy atom. The summed E-state index contributed by atoms with van der Waals surface area (Å²) in [5, 5.41) is 4.64. The molecule has 0 aliphatic rings. The van der Waals surface area contributed by atoms with Gasteiger partial charge in [-0.3, -0.25) is 4.79 Å². The molecule has 0 saturated heterocycles. The number of anilines is 1. The Labute approximate surface area is 115 Å². The number of fused-ring (bicyclic) bond motifs is 1. The van der Waals surface area contributed by atoms with E-state index >= 15 is 0 Å². The van der Waals surface area contributed by atoms with Gasteiger partial charge in [0, 0.05) is 12.4 Å². The first-order chi connectivity index (χ1) is 9.24. The number of nitrogens with one attached hydrogen (secondary N) is 1. The maximum absolute atomic E-state index is 11.4. The highest BCUT2D eigenvalue weighted by Gasteiger charge is 2.10. The van der Waals surface area contributed by atoms with Crippen LogP contribution in [0.25, 0.3) is 10.9 Å². The van der Waals surface area contributed by atoms with Crippen molar-refractivity contribution in [1.29, 1.82) is 0 Å². The number of thioether (sulfide) groups is 1. The molecule has 0 bridgehead atoms. The zero-order chi connectivity index (χ0) is 13.7. The van der Waals surface area contributed by atoms with Crippen LogP contribution in [0.4, 0.5) is 5.95 Å². The Kier molecular flexibility index (Phi) is 4.57. The van der Waals surface area contributed by atoms with Crippen molar-refractivity contribution in [2.24, 2.45) is 0 Å². The van der Waals surface area contributed by atoms with Gasteiger partial charge < -0.3 is 10.1 Å². The van der Waals surface area contributed by atoms with E-state index in [-0.39, 0.29) is 11.7 Å². The maximum Gasteiger partial charge on any atom is 0.316 e. The van der Waals surface area contributed by atoms with Crippen molar-refractivity contribution < 1.29 is 9.53 Å². The maximum atomic E-state index is 11.4. The van der Waals surface area contributed by atoms with Crippen molar-refractivity contribution in [2.75, 3.05) is 24.7 Å². The molecule has 2 aromatic rings. The molecule has 1 aromatic carbocycles. The molecule has 0 fully saturated rings. The number of hydrogen-bond acceptors (Lipinski definition) is 6. The summed E-state index contributed by atoms with van der Waals surface area (Å²) < 4.78 is 4.91. The van der Waals surface area contributed by atoms with Gasteiger partial charge in [0.1, 0.15) is 5.03 Å². The molecule has 19 heavy (non-hydrogen) atoms. The Hall–Kier alpha value is -1.82. The third kappa shape index (κ3) is 3.35. The van der Waals surface area contributed by atoms with E-state index < -0.39 is 0 Å². The second-order valence-corrected chi connectivity index (χ2v) is 4.68. The van der Waals surface area contributed by atoms with Gasteiger partial charge in [0.15, 0.2) is 0 Å². The average Bonchev–Trinajstić information content (AvgIpc) is 2.44. The van der Waals surface area contributed by atoms with Crippen LogP contribution < -0.4 is 5.32 Å². The van der Waals surface area contributed by atoms with Crippen molar-refractivity contribution in [3.05, 3.63) is 24.3 Å². The summed E-state index contributed by atoms with van der Waals surface area (Å²) >= 11 is 1.36. The first kappa shape index (κ1) is 13.6. The average molecular weight is 277 g/mol. The summed E-state index contributed by atoms with van der Waals surface area (Å²) in [6.45, 7) is 2.19. The van der Waals surface area contributed by atoms with Gasteiger partial charge >= 0.3 is 5.97 Å². The van der Waals surface area contributed by atoms with E-state index in [2.05, 4.69) is 15.3 Å². The fourth-order valence-corrected chi connectivity index (χ4v) is 2.42. The molecule has 0 amide bonds. The van der Waals surface area contributed by atoms with Crippen molar-refractivity contribution in [1.82, 2.24) is 9.97 Å². The highest BCUT2D eigenvalue weighted by Crippen LogP contribution is 2.26. The number of nitrogens with zero attached hydrogens (tertiary/aromatic N) is 2. The monoisotopic (exact) mass is 277 g/mol. The van der Waals surface area contributed by atoms with E-state index in [4.69, 9.17) is 4.74 Å².